The number of amides is 1. The number of nitrogens with zero attached hydrogens (tertiary/aromatic N) is 4. The van der Waals surface area contributed by atoms with E-state index in [0.717, 1.165) is 24.3 Å². The summed E-state index contributed by atoms with van der Waals surface area (Å²) >= 11 is 0. The Labute approximate surface area is 165 Å². The monoisotopic (exact) mass is 375 g/mol. The minimum Gasteiger partial charge on any atom is -0.350 e. The molecule has 1 atom stereocenters. The van der Waals surface area contributed by atoms with Crippen molar-refractivity contribution >= 4 is 5.91 Å². The molecule has 1 aromatic carbocycles. The van der Waals surface area contributed by atoms with Crippen LogP contribution in [0.15, 0.2) is 67.3 Å². The lowest BCUT2D eigenvalue weighted by Gasteiger charge is -2.34. The van der Waals surface area contributed by atoms with Crippen molar-refractivity contribution in [2.75, 3.05) is 19.6 Å². The Morgan fingerprint density at radius 3 is 2.54 bits per heavy atom. The van der Waals surface area contributed by atoms with Gasteiger partial charge in [0.15, 0.2) is 0 Å². The van der Waals surface area contributed by atoms with Gasteiger partial charge in [-0.05, 0) is 67.9 Å². The smallest absolute Gasteiger partial charge is 0.251 e. The molecule has 0 radical (unpaired) electrons. The van der Waals surface area contributed by atoms with E-state index in [1.165, 1.54) is 19.3 Å². The summed E-state index contributed by atoms with van der Waals surface area (Å²) in [5.74, 6) is -0.0575. The Balaban J connectivity index is 1.43. The van der Waals surface area contributed by atoms with E-state index in [0.29, 0.717) is 12.1 Å². The maximum atomic E-state index is 12.7. The van der Waals surface area contributed by atoms with E-state index in [-0.39, 0.29) is 11.9 Å². The fraction of sp³-hybridized carbons (Fsp3) is 0.318. The highest BCUT2D eigenvalue weighted by Crippen LogP contribution is 2.23. The Hall–Kier alpha value is -2.99. The van der Waals surface area contributed by atoms with E-state index in [1.54, 1.807) is 17.1 Å². The molecule has 0 spiro atoms. The first-order valence-corrected chi connectivity index (χ1v) is 9.83. The normalized spacial score (nSPS) is 15.9. The van der Waals surface area contributed by atoms with E-state index < -0.39 is 0 Å². The zero-order valence-corrected chi connectivity index (χ0v) is 15.9. The third-order valence-electron chi connectivity index (χ3n) is 5.26. The number of likely N-dealkylation sites (tertiary alicyclic amines) is 1. The molecule has 0 unspecified atom stereocenters. The molecular formula is C22H25N5O. The summed E-state index contributed by atoms with van der Waals surface area (Å²) in [6.07, 6.45) is 11.0. The second kappa shape index (κ2) is 8.80. The predicted octanol–water partition coefficient (Wildman–Crippen LogP) is 3.22. The topological polar surface area (TPSA) is 63.1 Å². The lowest BCUT2D eigenvalue weighted by molar-refractivity contribution is 0.0924. The van der Waals surface area contributed by atoms with Gasteiger partial charge < -0.3 is 5.32 Å². The molecule has 6 nitrogen and oxygen atoms in total. The van der Waals surface area contributed by atoms with Crippen LogP contribution in [0.4, 0.5) is 0 Å². The summed E-state index contributed by atoms with van der Waals surface area (Å²) in [6.45, 7) is 2.70. The van der Waals surface area contributed by atoms with E-state index in [2.05, 4.69) is 26.4 Å². The van der Waals surface area contributed by atoms with Crippen LogP contribution in [0, 0.1) is 0 Å². The van der Waals surface area contributed by atoms with Gasteiger partial charge in [-0.25, -0.2) is 4.68 Å². The molecule has 1 saturated heterocycles. The van der Waals surface area contributed by atoms with E-state index in [9.17, 15) is 4.79 Å². The largest absolute Gasteiger partial charge is 0.350 e. The molecule has 1 aliphatic heterocycles. The number of hydrogen-bond donors (Lipinski definition) is 1. The van der Waals surface area contributed by atoms with Crippen LogP contribution in [0.2, 0.25) is 0 Å². The van der Waals surface area contributed by atoms with E-state index in [4.69, 9.17) is 0 Å². The molecule has 144 valence electrons. The fourth-order valence-corrected chi connectivity index (χ4v) is 3.74. The first kappa shape index (κ1) is 18.4. The van der Waals surface area contributed by atoms with Gasteiger partial charge in [0.05, 0.1) is 11.7 Å². The lowest BCUT2D eigenvalue weighted by atomic mass is 10.0. The molecule has 0 bridgehead atoms. The quantitative estimate of drug-likeness (QED) is 0.719. The van der Waals surface area contributed by atoms with Crippen LogP contribution in [0.25, 0.3) is 5.69 Å². The summed E-state index contributed by atoms with van der Waals surface area (Å²) in [5, 5.41) is 7.33. The van der Waals surface area contributed by atoms with Crippen molar-refractivity contribution in [2.24, 2.45) is 0 Å². The summed E-state index contributed by atoms with van der Waals surface area (Å²) in [6, 6.07) is 13.6. The number of carbonyl (C=O) groups excluding carboxylic acids is 1. The number of pyridine rings is 1. The van der Waals surface area contributed by atoms with Gasteiger partial charge in [-0.2, -0.15) is 5.10 Å². The SMILES string of the molecule is O=C(NC[C@@H](c1cccnc1)N1CCCCC1)c1ccc(-n2cccn2)cc1. The second-order valence-corrected chi connectivity index (χ2v) is 7.11. The average molecular weight is 375 g/mol. The molecular weight excluding hydrogens is 350 g/mol. The highest BCUT2D eigenvalue weighted by Gasteiger charge is 2.23. The second-order valence-electron chi connectivity index (χ2n) is 7.11. The number of carbonyl (C=O) groups is 1. The lowest BCUT2D eigenvalue weighted by Crippen LogP contribution is -2.40. The van der Waals surface area contributed by atoms with Crippen LogP contribution in [-0.2, 0) is 0 Å². The summed E-state index contributed by atoms with van der Waals surface area (Å²) < 4.78 is 1.77. The van der Waals surface area contributed by atoms with Crippen LogP contribution in [-0.4, -0.2) is 45.2 Å². The van der Waals surface area contributed by atoms with Gasteiger partial charge in [0.25, 0.3) is 5.91 Å². The molecule has 1 N–H and O–H groups in total. The van der Waals surface area contributed by atoms with Crippen molar-refractivity contribution in [2.45, 2.75) is 25.3 Å². The molecule has 6 heteroatoms. The van der Waals surface area contributed by atoms with Crippen molar-refractivity contribution in [1.82, 2.24) is 25.0 Å². The maximum Gasteiger partial charge on any atom is 0.251 e. The number of rotatable bonds is 6. The van der Waals surface area contributed by atoms with Gasteiger partial charge in [0.1, 0.15) is 0 Å². The van der Waals surface area contributed by atoms with Gasteiger partial charge in [-0.15, -0.1) is 0 Å². The number of aromatic nitrogens is 3. The van der Waals surface area contributed by atoms with Crippen LogP contribution in [0.5, 0.6) is 0 Å². The maximum absolute atomic E-state index is 12.7. The van der Waals surface area contributed by atoms with Crippen LogP contribution >= 0.6 is 0 Å². The first-order chi connectivity index (χ1) is 13.8. The molecule has 3 aromatic rings. The minimum atomic E-state index is -0.0575. The standard InChI is InChI=1S/C22H25N5O/c28-22(18-7-9-20(10-8-18)27-15-5-12-25-27)24-17-21(19-6-4-11-23-16-19)26-13-2-1-3-14-26/h4-12,15-16,21H,1-3,13-14,17H2,(H,24,28)/t21-/m0/s1. The van der Waals surface area contributed by atoms with E-state index in [1.807, 2.05) is 48.8 Å². The molecule has 0 aliphatic carbocycles. The van der Waals surface area contributed by atoms with E-state index >= 15 is 0 Å². The molecule has 28 heavy (non-hydrogen) atoms. The van der Waals surface area contributed by atoms with Crippen molar-refractivity contribution in [3.8, 4) is 5.69 Å². The van der Waals surface area contributed by atoms with Gasteiger partial charge in [-0.3, -0.25) is 14.7 Å². The Kier molecular flexibility index (Phi) is 5.77. The van der Waals surface area contributed by atoms with Crippen molar-refractivity contribution < 1.29 is 4.79 Å². The first-order valence-electron chi connectivity index (χ1n) is 9.83. The third-order valence-corrected chi connectivity index (χ3v) is 5.26. The highest BCUT2D eigenvalue weighted by molar-refractivity contribution is 5.94. The minimum absolute atomic E-state index is 0.0575. The number of hydrogen-bond acceptors (Lipinski definition) is 4. The number of piperidine rings is 1. The predicted molar refractivity (Wildman–Crippen MR) is 108 cm³/mol. The molecule has 2 aromatic heterocycles. The molecule has 3 heterocycles. The van der Waals surface area contributed by atoms with Gasteiger partial charge in [0, 0.05) is 36.9 Å². The summed E-state index contributed by atoms with van der Waals surface area (Å²) in [5.41, 5.74) is 2.74. The van der Waals surface area contributed by atoms with Crippen LogP contribution in [0.3, 0.4) is 0 Å². The number of nitrogens with one attached hydrogen (secondary N) is 1. The molecule has 1 aliphatic rings. The zero-order valence-electron chi connectivity index (χ0n) is 15.9. The van der Waals surface area contributed by atoms with Gasteiger partial charge in [0.2, 0.25) is 0 Å². The Morgan fingerprint density at radius 2 is 1.86 bits per heavy atom. The highest BCUT2D eigenvalue weighted by atomic mass is 16.1. The molecule has 0 saturated carbocycles. The fourth-order valence-electron chi connectivity index (χ4n) is 3.74. The van der Waals surface area contributed by atoms with Crippen LogP contribution in [0.1, 0.15) is 41.2 Å². The number of benzene rings is 1. The van der Waals surface area contributed by atoms with Crippen molar-refractivity contribution in [3.05, 3.63) is 78.4 Å². The van der Waals surface area contributed by atoms with Crippen LogP contribution < -0.4 is 5.32 Å². The van der Waals surface area contributed by atoms with Gasteiger partial charge >= 0.3 is 0 Å². The molecule has 4 rings (SSSR count). The van der Waals surface area contributed by atoms with Crippen molar-refractivity contribution in [3.63, 3.8) is 0 Å². The average Bonchev–Trinajstić information content (AvgIpc) is 3.30. The Bertz CT molecular complexity index is 871. The van der Waals surface area contributed by atoms with Crippen molar-refractivity contribution in [1.29, 1.82) is 0 Å². The third kappa shape index (κ3) is 4.28. The molecule has 1 fully saturated rings. The van der Waals surface area contributed by atoms with Gasteiger partial charge in [-0.1, -0.05) is 12.5 Å². The Morgan fingerprint density at radius 1 is 1.04 bits per heavy atom. The zero-order chi connectivity index (χ0) is 19.2. The molecule has 1 amide bonds. The summed E-state index contributed by atoms with van der Waals surface area (Å²) in [4.78, 5) is 19.4. The summed E-state index contributed by atoms with van der Waals surface area (Å²) in [7, 11) is 0.